The third kappa shape index (κ3) is 4.83. The summed E-state index contributed by atoms with van der Waals surface area (Å²) in [6.45, 7) is 6.36. The molecule has 1 aliphatic heterocycles. The topological polar surface area (TPSA) is 98.8 Å². The van der Waals surface area contributed by atoms with Crippen molar-refractivity contribution in [1.82, 2.24) is 9.88 Å². The van der Waals surface area contributed by atoms with E-state index in [1.807, 2.05) is 67.8 Å². The number of aliphatic imine (C=N–C) groups is 1. The zero-order valence-corrected chi connectivity index (χ0v) is 19.2. The highest BCUT2D eigenvalue weighted by Gasteiger charge is 2.24. The van der Waals surface area contributed by atoms with Crippen LogP contribution in [0.3, 0.4) is 0 Å². The second-order valence-electron chi connectivity index (χ2n) is 7.35. The van der Waals surface area contributed by atoms with Crippen LogP contribution < -0.4 is 10.1 Å². The van der Waals surface area contributed by atoms with Crippen LogP contribution in [0.2, 0.25) is 0 Å². The maximum absolute atomic E-state index is 12.5. The number of amides is 1. The molecule has 168 valence electrons. The molecule has 0 spiro atoms. The normalized spacial score (nSPS) is 15.8. The van der Waals surface area contributed by atoms with Crippen molar-refractivity contribution in [3.05, 3.63) is 86.6 Å². The number of nitro benzene ring substituents is 1. The van der Waals surface area contributed by atoms with Crippen molar-refractivity contribution >= 4 is 40.3 Å². The van der Waals surface area contributed by atoms with Crippen molar-refractivity contribution in [1.29, 1.82) is 0 Å². The van der Waals surface area contributed by atoms with E-state index in [9.17, 15) is 14.9 Å². The Morgan fingerprint density at radius 3 is 2.64 bits per heavy atom. The number of amidine groups is 1. The second-order valence-corrected chi connectivity index (χ2v) is 8.38. The summed E-state index contributed by atoms with van der Waals surface area (Å²) in [4.78, 5) is 28.3. The molecule has 33 heavy (non-hydrogen) atoms. The highest BCUT2D eigenvalue weighted by molar-refractivity contribution is 8.18. The summed E-state index contributed by atoms with van der Waals surface area (Å²) in [7, 11) is 0. The van der Waals surface area contributed by atoms with Gasteiger partial charge in [0.1, 0.15) is 5.75 Å². The van der Waals surface area contributed by atoms with Gasteiger partial charge >= 0.3 is 0 Å². The fourth-order valence-electron chi connectivity index (χ4n) is 3.60. The van der Waals surface area contributed by atoms with E-state index in [0.29, 0.717) is 28.1 Å². The van der Waals surface area contributed by atoms with E-state index in [4.69, 9.17) is 4.74 Å². The van der Waals surface area contributed by atoms with Gasteiger partial charge in [-0.25, -0.2) is 4.99 Å². The van der Waals surface area contributed by atoms with Crippen LogP contribution in [0.4, 0.5) is 11.4 Å². The molecule has 0 atom stereocenters. The molecule has 1 saturated heterocycles. The molecule has 3 aromatic rings. The molecule has 1 N–H and O–H groups in total. The number of thioether (sulfide) groups is 1. The van der Waals surface area contributed by atoms with Gasteiger partial charge < -0.3 is 14.6 Å². The molecular weight excluding hydrogens is 440 g/mol. The van der Waals surface area contributed by atoms with E-state index in [1.54, 1.807) is 6.07 Å². The minimum atomic E-state index is -0.411. The number of hydrogen-bond acceptors (Lipinski definition) is 6. The number of hydrogen-bond donors (Lipinski definition) is 1. The van der Waals surface area contributed by atoms with Crippen LogP contribution in [-0.2, 0) is 4.79 Å². The number of nitrogens with zero attached hydrogens (tertiary/aromatic N) is 3. The van der Waals surface area contributed by atoms with Crippen LogP contribution in [0.5, 0.6) is 5.75 Å². The van der Waals surface area contributed by atoms with E-state index < -0.39 is 4.92 Å². The summed E-state index contributed by atoms with van der Waals surface area (Å²) in [5.74, 6) is 0.550. The van der Waals surface area contributed by atoms with Crippen LogP contribution in [0.1, 0.15) is 23.9 Å². The molecule has 1 amide bonds. The first kappa shape index (κ1) is 22.3. The SMILES string of the molecule is CCOc1ccc(N=C2NC(=O)/C(=C/c3cc(C)n(-c4cccc([N+](=O)[O-])c4)c3C)S2)cc1. The third-order valence-electron chi connectivity index (χ3n) is 5.08. The average molecular weight is 463 g/mol. The van der Waals surface area contributed by atoms with Gasteiger partial charge in [-0.3, -0.25) is 14.9 Å². The van der Waals surface area contributed by atoms with Gasteiger partial charge in [0, 0.05) is 23.5 Å². The first-order chi connectivity index (χ1) is 15.9. The number of benzene rings is 2. The number of nitrogens with one attached hydrogen (secondary N) is 1. The van der Waals surface area contributed by atoms with Crippen LogP contribution in [0.25, 0.3) is 11.8 Å². The summed E-state index contributed by atoms with van der Waals surface area (Å²) < 4.78 is 7.37. The van der Waals surface area contributed by atoms with E-state index in [-0.39, 0.29) is 11.6 Å². The number of rotatable bonds is 6. The van der Waals surface area contributed by atoms with E-state index in [2.05, 4.69) is 10.3 Å². The lowest BCUT2D eigenvalue weighted by molar-refractivity contribution is -0.384. The van der Waals surface area contributed by atoms with Gasteiger partial charge in [0.05, 0.1) is 27.8 Å². The van der Waals surface area contributed by atoms with Gasteiger partial charge in [-0.2, -0.15) is 0 Å². The maximum atomic E-state index is 12.5. The molecule has 0 aliphatic carbocycles. The molecule has 4 rings (SSSR count). The summed E-state index contributed by atoms with van der Waals surface area (Å²) in [6, 6.07) is 15.8. The minimum Gasteiger partial charge on any atom is -0.494 e. The van der Waals surface area contributed by atoms with Crippen molar-refractivity contribution < 1.29 is 14.5 Å². The molecule has 0 unspecified atom stereocenters. The summed E-state index contributed by atoms with van der Waals surface area (Å²) in [6.07, 6.45) is 1.82. The Balaban J connectivity index is 1.59. The number of carbonyl (C=O) groups excluding carboxylic acids is 1. The zero-order valence-electron chi connectivity index (χ0n) is 18.4. The fraction of sp³-hybridized carbons (Fsp3) is 0.167. The number of non-ortho nitro benzene ring substituents is 1. The van der Waals surface area contributed by atoms with Crippen LogP contribution in [-0.4, -0.2) is 27.2 Å². The average Bonchev–Trinajstić information content (AvgIpc) is 3.27. The van der Waals surface area contributed by atoms with Gasteiger partial charge in [0.25, 0.3) is 11.6 Å². The Labute approximate surface area is 195 Å². The molecule has 0 radical (unpaired) electrons. The van der Waals surface area contributed by atoms with Gasteiger partial charge in [-0.15, -0.1) is 0 Å². The lowest BCUT2D eigenvalue weighted by atomic mass is 10.2. The van der Waals surface area contributed by atoms with Gasteiger partial charge in [-0.05, 0) is 80.6 Å². The van der Waals surface area contributed by atoms with Crippen molar-refractivity contribution in [2.75, 3.05) is 6.61 Å². The number of ether oxygens (including phenoxy) is 1. The first-order valence-corrected chi connectivity index (χ1v) is 11.1. The number of aryl methyl sites for hydroxylation is 1. The van der Waals surface area contributed by atoms with Crippen molar-refractivity contribution in [3.63, 3.8) is 0 Å². The number of nitro groups is 1. The molecular formula is C24H22N4O4S. The highest BCUT2D eigenvalue weighted by Crippen LogP contribution is 2.31. The molecule has 1 aromatic heterocycles. The number of aromatic nitrogens is 1. The Kier molecular flexibility index (Phi) is 6.32. The number of carbonyl (C=O) groups is 1. The summed E-state index contributed by atoms with van der Waals surface area (Å²) in [5.41, 5.74) is 4.09. The monoisotopic (exact) mass is 462 g/mol. The quantitative estimate of drug-likeness (QED) is 0.305. The molecule has 0 bridgehead atoms. The molecule has 2 aromatic carbocycles. The molecule has 8 nitrogen and oxygen atoms in total. The predicted molar refractivity (Wildman–Crippen MR) is 130 cm³/mol. The molecule has 1 fully saturated rings. The maximum Gasteiger partial charge on any atom is 0.271 e. The lowest BCUT2D eigenvalue weighted by Gasteiger charge is -2.09. The Morgan fingerprint density at radius 2 is 1.94 bits per heavy atom. The van der Waals surface area contributed by atoms with E-state index in [0.717, 1.165) is 22.7 Å². The van der Waals surface area contributed by atoms with Gasteiger partial charge in [0.15, 0.2) is 5.17 Å². The first-order valence-electron chi connectivity index (χ1n) is 10.3. The fourth-order valence-corrected chi connectivity index (χ4v) is 4.43. The zero-order chi connectivity index (χ0) is 23.5. The minimum absolute atomic E-state index is 0.0285. The highest BCUT2D eigenvalue weighted by atomic mass is 32.2. The Hall–Kier alpha value is -3.85. The predicted octanol–water partition coefficient (Wildman–Crippen LogP) is 5.29. The third-order valence-corrected chi connectivity index (χ3v) is 5.99. The molecule has 2 heterocycles. The van der Waals surface area contributed by atoms with Crippen LogP contribution >= 0.6 is 11.8 Å². The van der Waals surface area contributed by atoms with Crippen molar-refractivity contribution in [2.24, 2.45) is 4.99 Å². The Morgan fingerprint density at radius 1 is 1.18 bits per heavy atom. The van der Waals surface area contributed by atoms with Gasteiger partial charge in [0.2, 0.25) is 0 Å². The summed E-state index contributed by atoms with van der Waals surface area (Å²) in [5, 5.41) is 14.5. The molecule has 9 heteroatoms. The summed E-state index contributed by atoms with van der Waals surface area (Å²) >= 11 is 1.27. The second kappa shape index (κ2) is 9.33. The Bertz CT molecular complexity index is 1290. The molecule has 1 aliphatic rings. The standard InChI is InChI=1S/C24H22N4O4S/c1-4-32-21-10-8-18(9-11-21)25-24-26-23(29)22(33-24)13-17-12-15(2)27(16(17)3)19-6-5-7-20(14-19)28(30)31/h5-14H,4H2,1-3H3,(H,25,26,29)/b22-13-. The van der Waals surface area contributed by atoms with E-state index in [1.165, 1.54) is 23.9 Å². The van der Waals surface area contributed by atoms with Crippen molar-refractivity contribution in [3.8, 4) is 11.4 Å². The smallest absolute Gasteiger partial charge is 0.271 e. The molecule has 0 saturated carbocycles. The van der Waals surface area contributed by atoms with Gasteiger partial charge in [-0.1, -0.05) is 6.07 Å². The largest absolute Gasteiger partial charge is 0.494 e. The van der Waals surface area contributed by atoms with Crippen LogP contribution in [0.15, 0.2) is 64.5 Å². The van der Waals surface area contributed by atoms with Crippen LogP contribution in [0, 0.1) is 24.0 Å². The lowest BCUT2D eigenvalue weighted by Crippen LogP contribution is -2.19. The van der Waals surface area contributed by atoms with Crippen molar-refractivity contribution in [2.45, 2.75) is 20.8 Å². The van der Waals surface area contributed by atoms with E-state index >= 15 is 0 Å².